The van der Waals surface area contributed by atoms with E-state index >= 15 is 0 Å². The third kappa shape index (κ3) is 3.52. The molecule has 1 atom stereocenters. The topological polar surface area (TPSA) is 87.5 Å². The van der Waals surface area contributed by atoms with Crippen molar-refractivity contribution in [2.75, 3.05) is 31.5 Å². The van der Waals surface area contributed by atoms with Crippen LogP contribution in [-0.2, 0) is 4.79 Å². The van der Waals surface area contributed by atoms with Gasteiger partial charge < -0.3 is 10.6 Å². The Hall–Kier alpha value is -1.99. The van der Waals surface area contributed by atoms with Gasteiger partial charge in [0.05, 0.1) is 11.5 Å². The minimum absolute atomic E-state index is 0.0887. The summed E-state index contributed by atoms with van der Waals surface area (Å²) in [6, 6.07) is 6.43. The minimum atomic E-state index is -0.497. The molecule has 1 aromatic carbocycles. The van der Waals surface area contributed by atoms with Gasteiger partial charge in [0.15, 0.2) is 0 Å². The lowest BCUT2D eigenvalue weighted by atomic mass is 10.2. The van der Waals surface area contributed by atoms with Gasteiger partial charge in [0.25, 0.3) is 5.69 Å². The zero-order valence-corrected chi connectivity index (χ0v) is 11.3. The lowest BCUT2D eigenvalue weighted by Gasteiger charge is -2.33. The summed E-state index contributed by atoms with van der Waals surface area (Å²) in [7, 11) is 0. The van der Waals surface area contributed by atoms with E-state index in [1.54, 1.807) is 12.1 Å². The molecule has 2 rings (SSSR count). The third-order valence-corrected chi connectivity index (χ3v) is 3.36. The molecule has 0 aromatic heterocycles. The van der Waals surface area contributed by atoms with Crippen LogP contribution < -0.4 is 10.6 Å². The summed E-state index contributed by atoms with van der Waals surface area (Å²) < 4.78 is 0. The first-order chi connectivity index (χ1) is 9.58. The average Bonchev–Trinajstić information content (AvgIpc) is 2.41. The average molecular weight is 278 g/mol. The quantitative estimate of drug-likeness (QED) is 0.629. The summed E-state index contributed by atoms with van der Waals surface area (Å²) in [6.07, 6.45) is 0. The molecule has 0 unspecified atom stereocenters. The molecule has 0 spiro atoms. The van der Waals surface area contributed by atoms with Crippen LogP contribution in [0.5, 0.6) is 0 Å². The molecule has 1 aromatic rings. The number of nitro groups is 1. The number of hydrogen-bond donors (Lipinski definition) is 2. The van der Waals surface area contributed by atoms with E-state index in [1.165, 1.54) is 12.1 Å². The van der Waals surface area contributed by atoms with Crippen molar-refractivity contribution >= 4 is 17.3 Å². The summed E-state index contributed by atoms with van der Waals surface area (Å²) in [5.74, 6) is -0.229. The van der Waals surface area contributed by atoms with Gasteiger partial charge >= 0.3 is 0 Å². The number of piperazine rings is 1. The molecule has 1 amide bonds. The van der Waals surface area contributed by atoms with Crippen LogP contribution in [0.15, 0.2) is 24.3 Å². The molecule has 7 heteroatoms. The maximum atomic E-state index is 12.0. The van der Waals surface area contributed by atoms with E-state index in [1.807, 2.05) is 6.92 Å². The fourth-order valence-electron chi connectivity index (χ4n) is 2.23. The molecule has 1 saturated heterocycles. The second-order valence-electron chi connectivity index (χ2n) is 4.85. The summed E-state index contributed by atoms with van der Waals surface area (Å²) in [5, 5.41) is 16.7. The predicted octanol–water partition coefficient (Wildman–Crippen LogP) is 0.827. The molecule has 0 saturated carbocycles. The number of nitrogens with one attached hydrogen (secondary N) is 2. The lowest BCUT2D eigenvalue weighted by molar-refractivity contribution is -0.383. The number of para-hydroxylation sites is 2. The minimum Gasteiger partial charge on any atom is -0.319 e. The summed E-state index contributed by atoms with van der Waals surface area (Å²) >= 11 is 0. The predicted molar refractivity (Wildman–Crippen MR) is 75.6 cm³/mol. The van der Waals surface area contributed by atoms with Crippen molar-refractivity contribution in [3.05, 3.63) is 34.4 Å². The number of nitro benzene ring substituents is 1. The van der Waals surface area contributed by atoms with Crippen LogP contribution in [0.2, 0.25) is 0 Å². The van der Waals surface area contributed by atoms with E-state index < -0.39 is 4.92 Å². The van der Waals surface area contributed by atoms with Crippen LogP contribution in [0.4, 0.5) is 11.4 Å². The maximum absolute atomic E-state index is 12.0. The maximum Gasteiger partial charge on any atom is 0.292 e. The molecule has 1 aliphatic heterocycles. The van der Waals surface area contributed by atoms with Crippen LogP contribution in [0, 0.1) is 10.1 Å². The van der Waals surface area contributed by atoms with Crippen molar-refractivity contribution in [1.82, 2.24) is 10.2 Å². The molecule has 1 fully saturated rings. The van der Waals surface area contributed by atoms with E-state index in [4.69, 9.17) is 0 Å². The van der Waals surface area contributed by atoms with E-state index in [0.29, 0.717) is 0 Å². The largest absolute Gasteiger partial charge is 0.319 e. The van der Waals surface area contributed by atoms with Crippen molar-refractivity contribution in [3.8, 4) is 0 Å². The molecule has 20 heavy (non-hydrogen) atoms. The van der Waals surface area contributed by atoms with Gasteiger partial charge in [0.2, 0.25) is 5.91 Å². The molecule has 108 valence electrons. The molecule has 0 aliphatic carbocycles. The zero-order valence-electron chi connectivity index (χ0n) is 11.3. The zero-order chi connectivity index (χ0) is 14.5. The van der Waals surface area contributed by atoms with E-state index in [2.05, 4.69) is 15.5 Å². The third-order valence-electron chi connectivity index (χ3n) is 3.36. The first-order valence-corrected chi connectivity index (χ1v) is 6.56. The van der Waals surface area contributed by atoms with E-state index in [0.717, 1.165) is 19.6 Å². The van der Waals surface area contributed by atoms with Gasteiger partial charge in [-0.3, -0.25) is 19.8 Å². The summed E-state index contributed by atoms with van der Waals surface area (Å²) in [5.41, 5.74) is 0.152. The van der Waals surface area contributed by atoms with Gasteiger partial charge in [-0.25, -0.2) is 0 Å². The smallest absolute Gasteiger partial charge is 0.292 e. The lowest BCUT2D eigenvalue weighted by Crippen LogP contribution is -2.52. The molecular weight excluding hydrogens is 260 g/mol. The Morgan fingerprint density at radius 3 is 3.00 bits per heavy atom. The molecule has 0 radical (unpaired) electrons. The molecule has 1 heterocycles. The first-order valence-electron chi connectivity index (χ1n) is 6.56. The van der Waals surface area contributed by atoms with Crippen molar-refractivity contribution in [2.24, 2.45) is 0 Å². The molecule has 7 nitrogen and oxygen atoms in total. The number of anilines is 1. The number of rotatable bonds is 4. The van der Waals surface area contributed by atoms with Crippen LogP contribution in [0.25, 0.3) is 0 Å². The van der Waals surface area contributed by atoms with Gasteiger partial charge in [-0.2, -0.15) is 0 Å². The van der Waals surface area contributed by atoms with E-state index in [-0.39, 0.29) is 29.9 Å². The van der Waals surface area contributed by atoms with Gasteiger partial charge in [-0.15, -0.1) is 0 Å². The van der Waals surface area contributed by atoms with Crippen LogP contribution >= 0.6 is 0 Å². The van der Waals surface area contributed by atoms with Crippen molar-refractivity contribution < 1.29 is 9.72 Å². The highest BCUT2D eigenvalue weighted by atomic mass is 16.6. The van der Waals surface area contributed by atoms with Crippen molar-refractivity contribution in [3.63, 3.8) is 0 Å². The molecule has 0 bridgehead atoms. The molecule has 1 aliphatic rings. The van der Waals surface area contributed by atoms with Gasteiger partial charge in [-0.05, 0) is 13.0 Å². The fourth-order valence-corrected chi connectivity index (χ4v) is 2.23. The Morgan fingerprint density at radius 2 is 2.30 bits per heavy atom. The van der Waals surface area contributed by atoms with Gasteiger partial charge in [-0.1, -0.05) is 12.1 Å². The summed E-state index contributed by atoms with van der Waals surface area (Å²) in [6.45, 7) is 4.78. The highest BCUT2D eigenvalue weighted by Gasteiger charge is 2.21. The number of hydrogen-bond acceptors (Lipinski definition) is 5. The fraction of sp³-hybridized carbons (Fsp3) is 0.462. The first kappa shape index (κ1) is 14.4. The number of carbonyl (C=O) groups is 1. The van der Waals surface area contributed by atoms with Gasteiger partial charge in [0.1, 0.15) is 5.69 Å². The highest BCUT2D eigenvalue weighted by Crippen LogP contribution is 2.23. The Balaban J connectivity index is 1.99. The number of nitrogens with zero attached hydrogens (tertiary/aromatic N) is 2. The normalized spacial score (nSPS) is 19.6. The number of carbonyl (C=O) groups excluding carboxylic acids is 1. The van der Waals surface area contributed by atoms with Crippen molar-refractivity contribution in [1.29, 1.82) is 0 Å². The second-order valence-corrected chi connectivity index (χ2v) is 4.85. The number of amides is 1. The van der Waals surface area contributed by atoms with E-state index in [9.17, 15) is 14.9 Å². The SMILES string of the molecule is C[C@@H]1CNCCN1CC(=O)Nc1ccccc1[N+](=O)[O-]. The second kappa shape index (κ2) is 6.44. The van der Waals surface area contributed by atoms with Crippen molar-refractivity contribution in [2.45, 2.75) is 13.0 Å². The molecule has 2 N–H and O–H groups in total. The Bertz CT molecular complexity index is 506. The number of benzene rings is 1. The Labute approximate surface area is 117 Å². The highest BCUT2D eigenvalue weighted by molar-refractivity contribution is 5.94. The Kier molecular flexibility index (Phi) is 4.65. The van der Waals surface area contributed by atoms with Crippen LogP contribution in [0.1, 0.15) is 6.92 Å². The monoisotopic (exact) mass is 278 g/mol. The van der Waals surface area contributed by atoms with Crippen LogP contribution in [0.3, 0.4) is 0 Å². The molecular formula is C13H18N4O3. The summed E-state index contributed by atoms with van der Waals surface area (Å²) in [4.78, 5) is 24.4. The van der Waals surface area contributed by atoms with Gasteiger partial charge in [0, 0.05) is 31.7 Å². The standard InChI is InChI=1S/C13H18N4O3/c1-10-8-14-6-7-16(10)9-13(18)15-11-4-2-3-5-12(11)17(19)20/h2-5,10,14H,6-9H2,1H3,(H,15,18)/t10-/m1/s1. The van der Waals surface area contributed by atoms with Crippen LogP contribution in [-0.4, -0.2) is 48.0 Å². The Morgan fingerprint density at radius 1 is 1.55 bits per heavy atom.